The molecular formula is C10H10NO2S-. The summed E-state index contributed by atoms with van der Waals surface area (Å²) in [7, 11) is 0. The second-order valence-corrected chi connectivity index (χ2v) is 4.10. The van der Waals surface area contributed by atoms with Gasteiger partial charge in [0.05, 0.1) is 5.88 Å². The molecule has 1 aromatic heterocycles. The van der Waals surface area contributed by atoms with Gasteiger partial charge in [0.25, 0.3) is 0 Å². The smallest absolute Gasteiger partial charge is 0.0849 e. The largest absolute Gasteiger partial charge is 0.771 e. The Bertz CT molecular complexity index is 490. The number of benzene rings is 1. The van der Waals surface area contributed by atoms with Gasteiger partial charge in [-0.15, -0.1) is 0 Å². The molecule has 3 nitrogen and oxygen atoms in total. The molecule has 0 radical (unpaired) electrons. The van der Waals surface area contributed by atoms with Crippen LogP contribution in [0.25, 0.3) is 10.9 Å². The SMILES string of the molecule is Cc1cn(CS(=O)[O-])c2ccccc12. The number of aromatic nitrogens is 1. The topological polar surface area (TPSA) is 45.1 Å². The highest BCUT2D eigenvalue weighted by molar-refractivity contribution is 7.78. The number of nitrogens with zero attached hydrogens (tertiary/aromatic N) is 1. The van der Waals surface area contributed by atoms with Gasteiger partial charge in [-0.1, -0.05) is 18.2 Å². The van der Waals surface area contributed by atoms with Crippen LogP contribution in [0, 0.1) is 6.92 Å². The number of aryl methyl sites for hydroxylation is 1. The predicted octanol–water partition coefficient (Wildman–Crippen LogP) is 1.79. The Balaban J connectivity index is 2.60. The van der Waals surface area contributed by atoms with Gasteiger partial charge in [-0.05, 0) is 29.6 Å². The van der Waals surface area contributed by atoms with E-state index in [9.17, 15) is 8.76 Å². The van der Waals surface area contributed by atoms with Crippen LogP contribution in [0.1, 0.15) is 5.56 Å². The normalized spacial score (nSPS) is 13.3. The first-order valence-corrected chi connectivity index (χ1v) is 5.53. The molecular weight excluding hydrogens is 198 g/mol. The zero-order valence-electron chi connectivity index (χ0n) is 7.77. The zero-order chi connectivity index (χ0) is 10.1. The van der Waals surface area contributed by atoms with Crippen LogP contribution in [0.5, 0.6) is 0 Å². The minimum absolute atomic E-state index is 0.0222. The molecule has 0 aliphatic rings. The lowest BCUT2D eigenvalue weighted by Crippen LogP contribution is -2.01. The van der Waals surface area contributed by atoms with Gasteiger partial charge in [0.15, 0.2) is 0 Å². The van der Waals surface area contributed by atoms with Crippen LogP contribution < -0.4 is 0 Å². The van der Waals surface area contributed by atoms with Crippen LogP contribution in [-0.4, -0.2) is 13.3 Å². The summed E-state index contributed by atoms with van der Waals surface area (Å²) in [5, 5.41) is 1.11. The highest BCUT2D eigenvalue weighted by Gasteiger charge is 2.03. The monoisotopic (exact) mass is 208 g/mol. The predicted molar refractivity (Wildman–Crippen MR) is 55.6 cm³/mol. The summed E-state index contributed by atoms with van der Waals surface area (Å²) in [5.41, 5.74) is 2.07. The molecule has 0 saturated heterocycles. The van der Waals surface area contributed by atoms with Gasteiger partial charge in [-0.25, -0.2) is 0 Å². The summed E-state index contributed by atoms with van der Waals surface area (Å²) in [6.07, 6.45) is 1.86. The molecule has 1 unspecified atom stereocenters. The zero-order valence-corrected chi connectivity index (χ0v) is 8.58. The van der Waals surface area contributed by atoms with Crippen molar-refractivity contribution in [2.75, 3.05) is 0 Å². The maximum absolute atomic E-state index is 10.6. The van der Waals surface area contributed by atoms with E-state index < -0.39 is 11.1 Å². The van der Waals surface area contributed by atoms with Crippen LogP contribution >= 0.6 is 0 Å². The Morgan fingerprint density at radius 2 is 2.14 bits per heavy atom. The molecule has 0 aliphatic heterocycles. The molecule has 1 heterocycles. The Morgan fingerprint density at radius 1 is 1.43 bits per heavy atom. The van der Waals surface area contributed by atoms with Crippen molar-refractivity contribution in [3.05, 3.63) is 36.0 Å². The van der Waals surface area contributed by atoms with Crippen LogP contribution in [-0.2, 0) is 17.0 Å². The highest BCUT2D eigenvalue weighted by atomic mass is 32.2. The van der Waals surface area contributed by atoms with E-state index in [0.717, 1.165) is 16.5 Å². The van der Waals surface area contributed by atoms with Crippen molar-refractivity contribution in [1.29, 1.82) is 0 Å². The maximum Gasteiger partial charge on any atom is 0.0849 e. The van der Waals surface area contributed by atoms with Crippen molar-refractivity contribution in [2.24, 2.45) is 0 Å². The minimum atomic E-state index is -2.05. The van der Waals surface area contributed by atoms with E-state index in [4.69, 9.17) is 0 Å². The van der Waals surface area contributed by atoms with Crippen molar-refractivity contribution in [1.82, 2.24) is 4.57 Å². The fourth-order valence-corrected chi connectivity index (χ4v) is 2.09. The first-order valence-electron chi connectivity index (χ1n) is 4.29. The molecule has 1 aromatic carbocycles. The van der Waals surface area contributed by atoms with E-state index in [1.807, 2.05) is 37.4 Å². The van der Waals surface area contributed by atoms with Crippen molar-refractivity contribution < 1.29 is 8.76 Å². The number of rotatable bonds is 2. The third-order valence-electron chi connectivity index (χ3n) is 2.23. The molecule has 2 rings (SSSR count). The molecule has 0 bridgehead atoms. The molecule has 0 N–H and O–H groups in total. The number of para-hydroxylation sites is 1. The molecule has 2 aromatic rings. The molecule has 0 amide bonds. The van der Waals surface area contributed by atoms with Crippen molar-refractivity contribution in [2.45, 2.75) is 12.8 Å². The fraction of sp³-hybridized carbons (Fsp3) is 0.200. The lowest BCUT2D eigenvalue weighted by Gasteiger charge is -2.07. The summed E-state index contributed by atoms with van der Waals surface area (Å²) >= 11 is -2.05. The standard InChI is InChI=1S/C10H11NO2S/c1-8-6-11(7-14(12)13)10-5-3-2-4-9(8)10/h2-6H,7H2,1H3,(H,12,13)/p-1. The van der Waals surface area contributed by atoms with Crippen LogP contribution in [0.2, 0.25) is 0 Å². The minimum Gasteiger partial charge on any atom is -0.771 e. The van der Waals surface area contributed by atoms with E-state index in [1.165, 1.54) is 0 Å². The average molecular weight is 208 g/mol. The van der Waals surface area contributed by atoms with E-state index >= 15 is 0 Å². The van der Waals surface area contributed by atoms with E-state index in [-0.39, 0.29) is 5.88 Å². The third kappa shape index (κ3) is 1.58. The van der Waals surface area contributed by atoms with Crippen LogP contribution in [0.15, 0.2) is 30.5 Å². The Hall–Kier alpha value is -1.13. The van der Waals surface area contributed by atoms with Gasteiger partial charge in [0.1, 0.15) is 0 Å². The van der Waals surface area contributed by atoms with Crippen LogP contribution in [0.3, 0.4) is 0 Å². The van der Waals surface area contributed by atoms with Crippen molar-refractivity contribution in [3.8, 4) is 0 Å². The summed E-state index contributed by atoms with van der Waals surface area (Å²) in [5.74, 6) is 0.0222. The van der Waals surface area contributed by atoms with E-state index in [2.05, 4.69) is 0 Å². The molecule has 0 spiro atoms. The molecule has 74 valence electrons. The lowest BCUT2D eigenvalue weighted by molar-refractivity contribution is 0.527. The quantitative estimate of drug-likeness (QED) is 0.706. The van der Waals surface area contributed by atoms with E-state index in [0.29, 0.717) is 0 Å². The second-order valence-electron chi connectivity index (χ2n) is 3.23. The molecule has 0 aliphatic carbocycles. The summed E-state index contributed by atoms with van der Waals surface area (Å²) in [4.78, 5) is 0. The molecule has 0 fully saturated rings. The van der Waals surface area contributed by atoms with Crippen molar-refractivity contribution >= 4 is 22.0 Å². The van der Waals surface area contributed by atoms with Crippen LogP contribution in [0.4, 0.5) is 0 Å². The Morgan fingerprint density at radius 3 is 2.86 bits per heavy atom. The second kappa shape index (κ2) is 3.55. The number of fused-ring (bicyclic) bond motifs is 1. The van der Waals surface area contributed by atoms with E-state index in [1.54, 1.807) is 4.57 Å². The Labute approximate surface area is 84.6 Å². The lowest BCUT2D eigenvalue weighted by atomic mass is 10.2. The number of hydrogen-bond donors (Lipinski definition) is 0. The maximum atomic E-state index is 10.6. The third-order valence-corrected chi connectivity index (χ3v) is 2.72. The first kappa shape index (κ1) is 9.43. The number of hydrogen-bond acceptors (Lipinski definition) is 2. The summed E-state index contributed by atoms with van der Waals surface area (Å²) < 4.78 is 22.9. The van der Waals surface area contributed by atoms with Gasteiger partial charge in [-0.2, -0.15) is 0 Å². The molecule has 0 saturated carbocycles. The van der Waals surface area contributed by atoms with Gasteiger partial charge < -0.3 is 9.12 Å². The van der Waals surface area contributed by atoms with Gasteiger partial charge >= 0.3 is 0 Å². The van der Waals surface area contributed by atoms with Crippen molar-refractivity contribution in [3.63, 3.8) is 0 Å². The summed E-state index contributed by atoms with van der Waals surface area (Å²) in [6.45, 7) is 1.98. The first-order chi connectivity index (χ1) is 6.68. The highest BCUT2D eigenvalue weighted by Crippen LogP contribution is 2.20. The molecule has 4 heteroatoms. The van der Waals surface area contributed by atoms with Gasteiger partial charge in [0.2, 0.25) is 0 Å². The van der Waals surface area contributed by atoms with Gasteiger partial charge in [0, 0.05) is 17.1 Å². The fourth-order valence-electron chi connectivity index (χ4n) is 1.65. The average Bonchev–Trinajstić information content (AvgIpc) is 2.44. The Kier molecular flexibility index (Phi) is 2.39. The molecule has 1 atom stereocenters. The molecule has 14 heavy (non-hydrogen) atoms. The van der Waals surface area contributed by atoms with Gasteiger partial charge in [-0.3, -0.25) is 4.21 Å². The summed E-state index contributed by atoms with van der Waals surface area (Å²) in [6, 6.07) is 7.78.